The van der Waals surface area contributed by atoms with Crippen LogP contribution in [0, 0.1) is 0 Å². The molecule has 3 aromatic carbocycles. The fourth-order valence-electron chi connectivity index (χ4n) is 3.67. The normalized spacial score (nSPS) is 12.0. The number of carboxylic acids is 1. The molecule has 0 fully saturated rings. The monoisotopic (exact) mass is 483 g/mol. The molecule has 35 heavy (non-hydrogen) atoms. The highest BCUT2D eigenvalue weighted by Gasteiger charge is 2.31. The molecule has 0 aliphatic heterocycles. The maximum Gasteiger partial charge on any atom is 0.573 e. The van der Waals surface area contributed by atoms with E-state index in [0.717, 1.165) is 22.3 Å². The highest BCUT2D eigenvalue weighted by atomic mass is 19.4. The van der Waals surface area contributed by atoms with Crippen molar-refractivity contribution in [2.24, 2.45) is 0 Å². The topological polar surface area (TPSA) is 75.6 Å². The van der Waals surface area contributed by atoms with Gasteiger partial charge in [-0.3, -0.25) is 9.59 Å². The van der Waals surface area contributed by atoms with E-state index in [2.05, 4.69) is 16.6 Å². The molecule has 1 atom stereocenters. The summed E-state index contributed by atoms with van der Waals surface area (Å²) in [6.45, 7) is 3.89. The number of halogens is 3. The molecule has 1 amide bonds. The lowest BCUT2D eigenvalue weighted by molar-refractivity contribution is -0.274. The molecule has 0 saturated heterocycles. The van der Waals surface area contributed by atoms with Crippen molar-refractivity contribution < 1.29 is 32.6 Å². The first-order valence-electron chi connectivity index (χ1n) is 10.8. The summed E-state index contributed by atoms with van der Waals surface area (Å²) in [5.41, 5.74) is 3.94. The Morgan fingerprint density at radius 2 is 1.66 bits per heavy atom. The Morgan fingerprint density at radius 1 is 0.971 bits per heavy atom. The average Bonchev–Trinajstić information content (AvgIpc) is 2.82. The zero-order chi connectivity index (χ0) is 25.4. The molecule has 2 N–H and O–H groups in total. The molecule has 182 valence electrons. The summed E-state index contributed by atoms with van der Waals surface area (Å²) >= 11 is 0. The number of amides is 1. The zero-order valence-corrected chi connectivity index (χ0v) is 18.7. The van der Waals surface area contributed by atoms with Crippen LogP contribution in [-0.2, 0) is 4.79 Å². The van der Waals surface area contributed by atoms with Crippen LogP contribution in [0.2, 0.25) is 0 Å². The highest BCUT2D eigenvalue weighted by Crippen LogP contribution is 2.32. The van der Waals surface area contributed by atoms with Crippen molar-refractivity contribution in [3.8, 4) is 16.9 Å². The Labute approximate surface area is 200 Å². The summed E-state index contributed by atoms with van der Waals surface area (Å²) in [4.78, 5) is 22.8. The van der Waals surface area contributed by atoms with Crippen LogP contribution in [0.3, 0.4) is 0 Å². The van der Waals surface area contributed by atoms with E-state index in [1.165, 1.54) is 12.1 Å². The van der Waals surface area contributed by atoms with E-state index in [1.54, 1.807) is 30.3 Å². The Bertz CT molecular complexity index is 1170. The average molecular weight is 483 g/mol. The van der Waals surface area contributed by atoms with E-state index in [9.17, 15) is 22.8 Å². The molecule has 0 saturated carbocycles. The van der Waals surface area contributed by atoms with Gasteiger partial charge in [-0.25, -0.2) is 0 Å². The molecule has 0 aliphatic rings. The number of benzene rings is 3. The summed E-state index contributed by atoms with van der Waals surface area (Å²) in [6, 6.07) is 20.4. The predicted octanol–water partition coefficient (Wildman–Crippen LogP) is 6.16. The van der Waals surface area contributed by atoms with Gasteiger partial charge >= 0.3 is 12.3 Å². The number of hydrogen-bond acceptors (Lipinski definition) is 3. The van der Waals surface area contributed by atoms with Gasteiger partial charge in [0.1, 0.15) is 5.75 Å². The van der Waals surface area contributed by atoms with Crippen LogP contribution in [0.5, 0.6) is 5.75 Å². The molecule has 3 aromatic rings. The first-order valence-corrected chi connectivity index (χ1v) is 10.8. The number of alkyl halides is 3. The van der Waals surface area contributed by atoms with E-state index >= 15 is 0 Å². The second-order valence-corrected chi connectivity index (χ2v) is 7.80. The first kappa shape index (κ1) is 25.6. The summed E-state index contributed by atoms with van der Waals surface area (Å²) < 4.78 is 41.2. The van der Waals surface area contributed by atoms with Gasteiger partial charge in [0.25, 0.3) is 5.91 Å². The Morgan fingerprint density at radius 3 is 2.26 bits per heavy atom. The van der Waals surface area contributed by atoms with E-state index in [0.29, 0.717) is 12.0 Å². The molecule has 0 heterocycles. The summed E-state index contributed by atoms with van der Waals surface area (Å²) in [5.74, 6) is -1.67. The van der Waals surface area contributed by atoms with Crippen molar-refractivity contribution in [1.29, 1.82) is 0 Å². The fourth-order valence-corrected chi connectivity index (χ4v) is 3.67. The number of carbonyl (C=O) groups excluding carboxylic acids is 1. The molecular formula is C27H24F3NO4. The van der Waals surface area contributed by atoms with Crippen molar-refractivity contribution in [2.75, 3.05) is 6.54 Å². The van der Waals surface area contributed by atoms with Crippen LogP contribution in [0.1, 0.15) is 40.2 Å². The number of carboxylic acid groups (broad SMARTS) is 1. The third-order valence-electron chi connectivity index (χ3n) is 5.31. The van der Waals surface area contributed by atoms with E-state index in [4.69, 9.17) is 5.11 Å². The predicted molar refractivity (Wildman–Crippen MR) is 126 cm³/mol. The Balaban J connectivity index is 1.79. The number of carbonyl (C=O) groups is 2. The second-order valence-electron chi connectivity index (χ2n) is 7.80. The summed E-state index contributed by atoms with van der Waals surface area (Å²) in [6.07, 6.45) is -2.47. The van der Waals surface area contributed by atoms with Gasteiger partial charge in [0.2, 0.25) is 0 Å². The van der Waals surface area contributed by atoms with Gasteiger partial charge in [-0.1, -0.05) is 54.6 Å². The van der Waals surface area contributed by atoms with Gasteiger partial charge < -0.3 is 15.2 Å². The Hall–Kier alpha value is -4.07. The van der Waals surface area contributed by atoms with Crippen molar-refractivity contribution >= 4 is 11.9 Å². The van der Waals surface area contributed by atoms with Crippen LogP contribution in [0.4, 0.5) is 13.2 Å². The van der Waals surface area contributed by atoms with Gasteiger partial charge in [-0.05, 0) is 52.9 Å². The SMILES string of the molecule is C=CCC(c1ccc(C(=O)NCCC(=O)O)cc1)c1cccc(-c2ccc(OC(F)(F)F)cc2)c1. The van der Waals surface area contributed by atoms with Gasteiger partial charge in [0, 0.05) is 18.0 Å². The van der Waals surface area contributed by atoms with Crippen molar-refractivity contribution in [3.05, 3.63) is 102 Å². The first-order chi connectivity index (χ1) is 16.7. The smallest absolute Gasteiger partial charge is 0.481 e. The highest BCUT2D eigenvalue weighted by molar-refractivity contribution is 5.94. The number of aliphatic carboxylic acids is 1. The van der Waals surface area contributed by atoms with Crippen molar-refractivity contribution in [1.82, 2.24) is 5.32 Å². The quantitative estimate of drug-likeness (QED) is 0.339. The molecule has 8 heteroatoms. The summed E-state index contributed by atoms with van der Waals surface area (Å²) in [7, 11) is 0. The third kappa shape index (κ3) is 7.46. The minimum Gasteiger partial charge on any atom is -0.481 e. The van der Waals surface area contributed by atoms with E-state index in [-0.39, 0.29) is 30.5 Å². The lowest BCUT2D eigenvalue weighted by Crippen LogP contribution is -2.25. The van der Waals surface area contributed by atoms with Gasteiger partial charge in [-0.15, -0.1) is 19.8 Å². The fraction of sp³-hybridized carbons (Fsp3) is 0.185. The minimum absolute atomic E-state index is 0.0467. The van der Waals surface area contributed by atoms with Crippen LogP contribution in [0.25, 0.3) is 11.1 Å². The van der Waals surface area contributed by atoms with Gasteiger partial charge in [0.15, 0.2) is 0 Å². The molecule has 3 rings (SSSR count). The number of hydrogen-bond donors (Lipinski definition) is 2. The Kier molecular flexibility index (Phi) is 8.30. The van der Waals surface area contributed by atoms with Crippen LogP contribution in [-0.4, -0.2) is 29.9 Å². The standard InChI is InChI=1S/C27H24F3NO4/c1-2-4-24(19-7-9-20(10-8-19)26(34)31-16-15-25(32)33)22-6-3-5-21(17-22)18-11-13-23(14-12-18)35-27(28,29)30/h2-3,5-14,17,24H,1,4,15-16H2,(H,31,34)(H,32,33). The van der Waals surface area contributed by atoms with Crippen LogP contribution >= 0.6 is 0 Å². The molecule has 0 radical (unpaired) electrons. The lowest BCUT2D eigenvalue weighted by Gasteiger charge is -2.18. The number of nitrogens with one attached hydrogen (secondary N) is 1. The van der Waals surface area contributed by atoms with Crippen molar-refractivity contribution in [2.45, 2.75) is 25.1 Å². The minimum atomic E-state index is -4.74. The number of ether oxygens (including phenoxy) is 1. The largest absolute Gasteiger partial charge is 0.573 e. The van der Waals surface area contributed by atoms with Crippen LogP contribution in [0.15, 0.2) is 85.5 Å². The lowest BCUT2D eigenvalue weighted by atomic mass is 9.86. The zero-order valence-electron chi connectivity index (χ0n) is 18.7. The van der Waals surface area contributed by atoms with Crippen molar-refractivity contribution in [3.63, 3.8) is 0 Å². The summed E-state index contributed by atoms with van der Waals surface area (Å²) in [5, 5.41) is 11.3. The molecule has 0 aliphatic carbocycles. The molecular weight excluding hydrogens is 459 g/mol. The van der Waals surface area contributed by atoms with Crippen LogP contribution < -0.4 is 10.1 Å². The van der Waals surface area contributed by atoms with Gasteiger partial charge in [-0.2, -0.15) is 0 Å². The molecule has 5 nitrogen and oxygen atoms in total. The number of rotatable bonds is 10. The molecule has 1 unspecified atom stereocenters. The maximum atomic E-state index is 12.4. The molecule has 0 bridgehead atoms. The molecule has 0 aromatic heterocycles. The van der Waals surface area contributed by atoms with E-state index in [1.807, 2.05) is 36.4 Å². The second kappa shape index (κ2) is 11.4. The van der Waals surface area contributed by atoms with Gasteiger partial charge in [0.05, 0.1) is 6.42 Å². The third-order valence-corrected chi connectivity index (χ3v) is 5.31. The van der Waals surface area contributed by atoms with E-state index < -0.39 is 12.3 Å². The number of allylic oxidation sites excluding steroid dienone is 1. The maximum absolute atomic E-state index is 12.4. The molecule has 0 spiro atoms.